The number of amides is 1. The van der Waals surface area contributed by atoms with Gasteiger partial charge < -0.3 is 29.1 Å². The third-order valence-corrected chi connectivity index (χ3v) is 8.25. The first-order valence-electron chi connectivity index (χ1n) is 14.1. The molecule has 1 amide bonds. The number of para-hydroxylation sites is 1. The summed E-state index contributed by atoms with van der Waals surface area (Å²) in [6.45, 7) is 3.41. The van der Waals surface area contributed by atoms with Crippen LogP contribution in [0.3, 0.4) is 0 Å². The maximum Gasteiger partial charge on any atom is 0.263 e. The van der Waals surface area contributed by atoms with E-state index in [1.165, 1.54) is 12.5 Å². The molecule has 1 aromatic carbocycles. The van der Waals surface area contributed by atoms with Gasteiger partial charge in [-0.15, -0.1) is 0 Å². The minimum Gasteiger partial charge on any atom is -0.480 e. The normalized spacial score (nSPS) is 20.7. The lowest BCUT2D eigenvalue weighted by Crippen LogP contribution is -2.55. The van der Waals surface area contributed by atoms with Gasteiger partial charge in [-0.25, -0.2) is 15.0 Å². The van der Waals surface area contributed by atoms with E-state index in [4.69, 9.17) is 13.9 Å². The molecule has 3 aromatic heterocycles. The quantitative estimate of drug-likeness (QED) is 0.196. The number of Topliss-reactive ketones (excluding diaryl/α,β-unsaturated/α-hetero) is 1. The van der Waals surface area contributed by atoms with Gasteiger partial charge in [-0.1, -0.05) is 18.2 Å². The van der Waals surface area contributed by atoms with Crippen LogP contribution in [0.5, 0.6) is 5.88 Å². The number of hydrogen-bond donors (Lipinski definition) is 2. The molecule has 41 heavy (non-hydrogen) atoms. The minimum absolute atomic E-state index is 0.0485. The van der Waals surface area contributed by atoms with Crippen molar-refractivity contribution >= 4 is 22.6 Å². The highest BCUT2D eigenvalue weighted by atomic mass is 16.5. The second-order valence-corrected chi connectivity index (χ2v) is 10.8. The molecule has 2 N–H and O–H groups in total. The number of nitrogens with one attached hydrogen (secondary N) is 2. The van der Waals surface area contributed by atoms with Gasteiger partial charge in [0.2, 0.25) is 17.6 Å². The number of aromatic nitrogens is 4. The summed E-state index contributed by atoms with van der Waals surface area (Å²) < 4.78 is 16.6. The summed E-state index contributed by atoms with van der Waals surface area (Å²) in [5.74, 6) is 1.06. The Labute approximate surface area is 237 Å². The van der Waals surface area contributed by atoms with Gasteiger partial charge in [-0.05, 0) is 57.5 Å². The molecule has 0 radical (unpaired) electrons. The van der Waals surface area contributed by atoms with E-state index in [-0.39, 0.29) is 36.0 Å². The van der Waals surface area contributed by atoms with E-state index in [2.05, 4.69) is 30.2 Å². The minimum atomic E-state index is -0.493. The maximum absolute atomic E-state index is 13.7. The number of nitrogens with zero attached hydrogens (tertiary/aromatic N) is 4. The predicted octanol–water partition coefficient (Wildman–Crippen LogP) is 3.94. The van der Waals surface area contributed by atoms with Crippen LogP contribution in [0, 0.1) is 5.41 Å². The maximum atomic E-state index is 13.7. The Morgan fingerprint density at radius 2 is 1.98 bits per heavy atom. The van der Waals surface area contributed by atoms with Crippen molar-refractivity contribution in [1.82, 2.24) is 30.2 Å². The van der Waals surface area contributed by atoms with Gasteiger partial charge in [0.1, 0.15) is 18.1 Å². The van der Waals surface area contributed by atoms with E-state index >= 15 is 0 Å². The molecule has 4 aromatic rings. The van der Waals surface area contributed by atoms with Crippen molar-refractivity contribution in [2.45, 2.75) is 38.1 Å². The summed E-state index contributed by atoms with van der Waals surface area (Å²) in [5.41, 5.74) is 2.00. The molecule has 3 aliphatic heterocycles. The van der Waals surface area contributed by atoms with E-state index in [1.807, 2.05) is 30.3 Å². The fourth-order valence-electron chi connectivity index (χ4n) is 5.77. The summed E-state index contributed by atoms with van der Waals surface area (Å²) in [4.78, 5) is 44.9. The number of hydrogen-bond acceptors (Lipinski definition) is 9. The second-order valence-electron chi connectivity index (χ2n) is 10.8. The van der Waals surface area contributed by atoms with Gasteiger partial charge in [0.25, 0.3) is 5.89 Å². The van der Waals surface area contributed by atoms with Gasteiger partial charge in [-0.2, -0.15) is 0 Å². The molecule has 3 aliphatic rings. The molecule has 11 nitrogen and oxygen atoms in total. The number of H-pyrrole nitrogens is 1. The van der Waals surface area contributed by atoms with Crippen LogP contribution in [0.1, 0.15) is 54.7 Å². The van der Waals surface area contributed by atoms with E-state index in [0.717, 1.165) is 61.1 Å². The Hall–Kier alpha value is -4.09. The smallest absolute Gasteiger partial charge is 0.263 e. The van der Waals surface area contributed by atoms with Crippen LogP contribution in [-0.4, -0.2) is 76.5 Å². The van der Waals surface area contributed by atoms with Crippen molar-refractivity contribution in [2.24, 2.45) is 5.41 Å². The molecule has 0 saturated carbocycles. The first-order valence-corrected chi connectivity index (χ1v) is 14.1. The monoisotopic (exact) mass is 558 g/mol. The van der Waals surface area contributed by atoms with Crippen LogP contribution >= 0.6 is 0 Å². The van der Waals surface area contributed by atoms with Crippen LogP contribution in [0.2, 0.25) is 0 Å². The average molecular weight is 559 g/mol. The van der Waals surface area contributed by atoms with E-state index < -0.39 is 6.04 Å². The number of methoxy groups -OCH3 is 1. The number of rotatable bonds is 12. The third-order valence-electron chi connectivity index (χ3n) is 8.25. The number of carbonyl (C=O) groups excluding carboxylic acids is 2. The molecular weight excluding hydrogens is 524 g/mol. The topological polar surface area (TPSA) is 135 Å². The van der Waals surface area contributed by atoms with E-state index in [0.29, 0.717) is 24.7 Å². The molecule has 214 valence electrons. The summed E-state index contributed by atoms with van der Waals surface area (Å²) in [6.07, 6.45) is 7.91. The third kappa shape index (κ3) is 5.73. The summed E-state index contributed by atoms with van der Waals surface area (Å²) in [7, 11) is 1.59. The van der Waals surface area contributed by atoms with Crippen LogP contribution < -0.4 is 10.1 Å². The van der Waals surface area contributed by atoms with Gasteiger partial charge in [0.05, 0.1) is 48.3 Å². The van der Waals surface area contributed by atoms with Gasteiger partial charge in [-0.3, -0.25) is 9.59 Å². The molecule has 11 heteroatoms. The van der Waals surface area contributed by atoms with E-state index in [1.54, 1.807) is 13.3 Å². The fraction of sp³-hybridized carbons (Fsp3) is 0.433. The van der Waals surface area contributed by atoms with Crippen molar-refractivity contribution < 1.29 is 23.5 Å². The number of ether oxygens (including phenoxy) is 2. The highest BCUT2D eigenvalue weighted by Gasteiger charge is 2.45. The zero-order valence-electron chi connectivity index (χ0n) is 23.1. The van der Waals surface area contributed by atoms with Crippen molar-refractivity contribution in [2.75, 3.05) is 40.0 Å². The lowest BCUT2D eigenvalue weighted by Gasteiger charge is -2.47. The van der Waals surface area contributed by atoms with Crippen molar-refractivity contribution in [3.05, 3.63) is 60.7 Å². The average Bonchev–Trinajstić information content (AvgIpc) is 3.74. The number of fused-ring (bicyclic) bond motifs is 4. The molecule has 1 atom stereocenters. The fourth-order valence-corrected chi connectivity index (χ4v) is 5.77. The van der Waals surface area contributed by atoms with Crippen LogP contribution in [0.15, 0.2) is 53.4 Å². The number of pyridine rings is 1. The lowest BCUT2D eigenvalue weighted by atomic mass is 9.71. The van der Waals surface area contributed by atoms with Crippen molar-refractivity contribution in [3.63, 3.8) is 0 Å². The number of imidazole rings is 1. The Kier molecular flexibility index (Phi) is 7.80. The Balaban J connectivity index is 1.18. The summed E-state index contributed by atoms with van der Waals surface area (Å²) >= 11 is 0. The molecule has 0 unspecified atom stereocenters. The first kappa shape index (κ1) is 27.1. The highest BCUT2D eigenvalue weighted by Crippen LogP contribution is 2.40. The number of carbonyl (C=O) groups is 2. The van der Waals surface area contributed by atoms with Crippen LogP contribution in [0.4, 0.5) is 0 Å². The molecule has 6 heterocycles. The molecular formula is C30H34N6O5. The highest BCUT2D eigenvalue weighted by molar-refractivity contribution is 5.91. The van der Waals surface area contributed by atoms with Crippen LogP contribution in [0.25, 0.3) is 22.2 Å². The largest absolute Gasteiger partial charge is 0.480 e. The van der Waals surface area contributed by atoms with Crippen molar-refractivity contribution in [3.8, 4) is 17.1 Å². The second kappa shape index (κ2) is 11.8. The predicted molar refractivity (Wildman–Crippen MR) is 150 cm³/mol. The number of oxazole rings is 1. The van der Waals surface area contributed by atoms with Gasteiger partial charge >= 0.3 is 0 Å². The molecule has 0 aliphatic carbocycles. The van der Waals surface area contributed by atoms with Crippen molar-refractivity contribution in [1.29, 1.82) is 0 Å². The zero-order valence-corrected chi connectivity index (χ0v) is 23.1. The summed E-state index contributed by atoms with van der Waals surface area (Å²) in [5, 5.41) is 4.23. The van der Waals surface area contributed by atoms with Gasteiger partial charge in [0.15, 0.2) is 0 Å². The molecule has 3 fully saturated rings. The van der Waals surface area contributed by atoms with Gasteiger partial charge in [0, 0.05) is 18.4 Å². The number of ketones is 1. The Morgan fingerprint density at radius 3 is 2.73 bits per heavy atom. The van der Waals surface area contributed by atoms with E-state index in [9.17, 15) is 9.59 Å². The summed E-state index contributed by atoms with van der Waals surface area (Å²) in [6, 6.07) is 9.37. The van der Waals surface area contributed by atoms with Crippen LogP contribution in [-0.2, 0) is 9.53 Å². The number of benzene rings is 1. The standard InChI is InChI=1S/C30H34N6O5/c1-39-27-21(17-20-5-2-3-6-22(20)34-27)23-18-32-26(33-23)24(19-40-15-4-7-25(37)28-31-11-16-41-28)35-29(38)30-8-12-36(13-9-30)14-10-30/h2-3,5-6,11,16-18,24H,4,7-10,12-15,19H2,1H3,(H,32,33)(H,35,38)/t24-/m0/s1. The Bertz CT molecular complexity index is 1500. The molecule has 2 bridgehead atoms. The number of piperidine rings is 3. The molecule has 3 saturated heterocycles. The SMILES string of the molecule is COc1nc2ccccc2cc1-c1cnc([C@H](COCCCC(=O)c2ncco2)NC(=O)C23CCN(CC2)CC3)[nH]1. The molecule has 0 spiro atoms. The number of aromatic amines is 1. The lowest BCUT2D eigenvalue weighted by molar-refractivity contribution is -0.139. The molecule has 7 rings (SSSR count). The first-order chi connectivity index (χ1) is 20.0. The zero-order chi connectivity index (χ0) is 28.2. The Morgan fingerprint density at radius 1 is 1.17 bits per heavy atom.